The van der Waals surface area contributed by atoms with Gasteiger partial charge in [0.15, 0.2) is 0 Å². The lowest BCUT2D eigenvalue weighted by molar-refractivity contribution is -0.118. The highest BCUT2D eigenvalue weighted by atomic mass is 16.6. The van der Waals surface area contributed by atoms with Gasteiger partial charge in [0.25, 0.3) is 0 Å². The maximum atomic E-state index is 12.6. The topological polar surface area (TPSA) is 98.6 Å². The number of rotatable bonds is 6. The van der Waals surface area contributed by atoms with Crippen LogP contribution in [0.1, 0.15) is 65.7 Å². The van der Waals surface area contributed by atoms with Crippen molar-refractivity contribution in [3.63, 3.8) is 0 Å². The molecule has 0 radical (unpaired) electrons. The molecule has 7 nitrogen and oxygen atoms in total. The number of amides is 1. The van der Waals surface area contributed by atoms with Crippen molar-refractivity contribution in [1.29, 1.82) is 0 Å². The fourth-order valence-corrected chi connectivity index (χ4v) is 5.67. The Kier molecular flexibility index (Phi) is 6.19. The molecule has 0 aromatic heterocycles. The normalized spacial score (nSPS) is 45.0. The van der Waals surface area contributed by atoms with Crippen LogP contribution in [0.3, 0.4) is 0 Å². The summed E-state index contributed by atoms with van der Waals surface area (Å²) in [6.45, 7) is 7.09. The second-order valence-corrected chi connectivity index (χ2v) is 10.1. The number of hydrogen-bond acceptors (Lipinski definition) is 6. The van der Waals surface area contributed by atoms with E-state index in [9.17, 15) is 4.79 Å². The predicted molar refractivity (Wildman–Crippen MR) is 113 cm³/mol. The van der Waals surface area contributed by atoms with E-state index in [2.05, 4.69) is 32.2 Å². The first-order valence-electron chi connectivity index (χ1n) is 11.5. The molecule has 2 aliphatic heterocycles. The second kappa shape index (κ2) is 8.41. The van der Waals surface area contributed by atoms with Gasteiger partial charge in [-0.3, -0.25) is 0 Å². The van der Waals surface area contributed by atoms with Crippen LogP contribution in [-0.2, 0) is 18.9 Å². The fourth-order valence-electron chi connectivity index (χ4n) is 5.67. The maximum Gasteiger partial charge on any atom is 0.407 e. The lowest BCUT2D eigenvalue weighted by Gasteiger charge is -2.42. The summed E-state index contributed by atoms with van der Waals surface area (Å²) in [4.78, 5) is 12.6. The average Bonchev–Trinajstić information content (AvgIpc) is 3.61. The molecular weight excluding hydrogens is 384 g/mol. The van der Waals surface area contributed by atoms with Gasteiger partial charge in [-0.15, -0.1) is 0 Å². The molecule has 3 N–H and O–H groups in total. The molecule has 2 saturated carbocycles. The lowest BCUT2D eigenvalue weighted by atomic mass is 9.68. The number of nitrogens with two attached hydrogens (primary N) is 1. The Bertz CT molecular complexity index is 667. The Morgan fingerprint density at radius 1 is 1.23 bits per heavy atom. The van der Waals surface area contributed by atoms with E-state index in [4.69, 9.17) is 24.7 Å². The minimum Gasteiger partial charge on any atom is -0.443 e. The van der Waals surface area contributed by atoms with Crippen molar-refractivity contribution in [3.05, 3.63) is 11.6 Å². The molecule has 0 aromatic rings. The molecule has 30 heavy (non-hydrogen) atoms. The molecule has 0 bridgehead atoms. The van der Waals surface area contributed by atoms with E-state index < -0.39 is 0 Å². The molecule has 2 saturated heterocycles. The Hall–Kier alpha value is -1.15. The molecule has 4 unspecified atom stereocenters. The molecule has 4 aliphatic rings. The molecule has 2 aliphatic carbocycles. The largest absolute Gasteiger partial charge is 0.443 e. The van der Waals surface area contributed by atoms with Gasteiger partial charge in [-0.2, -0.15) is 0 Å². The fraction of sp³-hybridized carbons (Fsp3) is 0.870. The molecule has 4 rings (SSSR count). The smallest absolute Gasteiger partial charge is 0.407 e. The van der Waals surface area contributed by atoms with Crippen LogP contribution in [0.4, 0.5) is 4.79 Å². The van der Waals surface area contributed by atoms with E-state index in [0.717, 1.165) is 51.6 Å². The van der Waals surface area contributed by atoms with Crippen LogP contribution in [0.5, 0.6) is 0 Å². The summed E-state index contributed by atoms with van der Waals surface area (Å²) in [6, 6.07) is 0.401. The van der Waals surface area contributed by atoms with Gasteiger partial charge in [-0.25, -0.2) is 4.79 Å². The quantitative estimate of drug-likeness (QED) is 0.504. The molecule has 1 spiro atoms. The van der Waals surface area contributed by atoms with Crippen LogP contribution < -0.4 is 11.1 Å². The summed E-state index contributed by atoms with van der Waals surface area (Å²) in [5.41, 5.74) is 6.74. The van der Waals surface area contributed by atoms with Crippen LogP contribution in [0.2, 0.25) is 0 Å². The van der Waals surface area contributed by atoms with Crippen molar-refractivity contribution >= 4 is 6.09 Å². The summed E-state index contributed by atoms with van der Waals surface area (Å²) < 4.78 is 24.0. The summed E-state index contributed by atoms with van der Waals surface area (Å²) in [6.07, 6.45) is 7.68. The summed E-state index contributed by atoms with van der Waals surface area (Å²) >= 11 is 0. The number of methoxy groups -OCH3 is 1. The summed E-state index contributed by atoms with van der Waals surface area (Å²) in [7, 11) is 1.70. The Balaban J connectivity index is 1.40. The zero-order valence-electron chi connectivity index (χ0n) is 18.8. The zero-order chi connectivity index (χ0) is 21.5. The standard InChI is InChI=1S/C23H38N2O5/c1-14(2)5-10-18-22(3,30-18)20-19(27-4)17(11-12-23(20)13-28-23)29-21(26)25-16-8-6-15(24)7-9-16/h5,15-20H,6-13,24H2,1-4H3,(H,25,26)/t15-,16+,17?,18-,19?,20?,22?,23+/m1/s1. The number of allylic oxidation sites excluding steroid dienone is 1. The van der Waals surface area contributed by atoms with E-state index in [0.29, 0.717) is 0 Å². The predicted octanol–water partition coefficient (Wildman–Crippen LogP) is 3.06. The van der Waals surface area contributed by atoms with E-state index in [-0.39, 0.29) is 53.6 Å². The highest BCUT2D eigenvalue weighted by molar-refractivity contribution is 5.68. The highest BCUT2D eigenvalue weighted by Gasteiger charge is 2.72. The van der Waals surface area contributed by atoms with Gasteiger partial charge in [-0.1, -0.05) is 11.6 Å². The first kappa shape index (κ1) is 22.1. The molecule has 7 heteroatoms. The highest BCUT2D eigenvalue weighted by Crippen LogP contribution is 2.59. The third-order valence-corrected chi connectivity index (χ3v) is 7.59. The first-order chi connectivity index (χ1) is 14.3. The third kappa shape index (κ3) is 4.40. The van der Waals surface area contributed by atoms with Crippen molar-refractivity contribution in [2.45, 2.75) is 107 Å². The molecule has 1 amide bonds. The second-order valence-electron chi connectivity index (χ2n) is 10.1. The van der Waals surface area contributed by atoms with E-state index in [1.165, 1.54) is 5.57 Å². The van der Waals surface area contributed by atoms with E-state index in [1.807, 2.05) is 0 Å². The van der Waals surface area contributed by atoms with Gasteiger partial charge in [-0.05, 0) is 65.7 Å². The van der Waals surface area contributed by atoms with Crippen molar-refractivity contribution in [2.75, 3.05) is 13.7 Å². The minimum atomic E-state index is -0.350. The number of ether oxygens (including phenoxy) is 4. The third-order valence-electron chi connectivity index (χ3n) is 7.59. The number of carbonyl (C=O) groups excluding carboxylic acids is 1. The summed E-state index contributed by atoms with van der Waals surface area (Å²) in [5, 5.41) is 3.04. The minimum absolute atomic E-state index is 0.0461. The Morgan fingerprint density at radius 2 is 1.93 bits per heavy atom. The van der Waals surface area contributed by atoms with Gasteiger partial charge in [0.05, 0.1) is 18.6 Å². The van der Waals surface area contributed by atoms with Crippen LogP contribution in [-0.4, -0.2) is 61.4 Å². The monoisotopic (exact) mass is 422 g/mol. The van der Waals surface area contributed by atoms with Crippen LogP contribution >= 0.6 is 0 Å². The van der Waals surface area contributed by atoms with Gasteiger partial charge >= 0.3 is 6.09 Å². The van der Waals surface area contributed by atoms with Crippen molar-refractivity contribution in [3.8, 4) is 0 Å². The number of alkyl carbamates (subject to hydrolysis) is 1. The molecule has 4 fully saturated rings. The van der Waals surface area contributed by atoms with Gasteiger partial charge < -0.3 is 30.0 Å². The molecule has 0 aromatic carbocycles. The van der Waals surface area contributed by atoms with Gasteiger partial charge in [0.1, 0.15) is 23.4 Å². The van der Waals surface area contributed by atoms with Crippen LogP contribution in [0, 0.1) is 5.92 Å². The molecule has 2 heterocycles. The molecular formula is C23H38N2O5. The van der Waals surface area contributed by atoms with Crippen molar-refractivity contribution < 1.29 is 23.7 Å². The van der Waals surface area contributed by atoms with Gasteiger partial charge in [0, 0.05) is 19.2 Å². The maximum absolute atomic E-state index is 12.6. The number of hydrogen-bond donors (Lipinski definition) is 2. The first-order valence-corrected chi connectivity index (χ1v) is 11.5. The number of epoxide rings is 2. The van der Waals surface area contributed by atoms with Crippen LogP contribution in [0.25, 0.3) is 0 Å². The van der Waals surface area contributed by atoms with Gasteiger partial charge in [0.2, 0.25) is 0 Å². The molecule has 170 valence electrons. The van der Waals surface area contributed by atoms with Crippen molar-refractivity contribution in [2.24, 2.45) is 11.7 Å². The SMILES string of the molecule is COC1C(OC(=O)N[C@H]2CC[C@@H](N)CC2)CC[C@]2(CO2)C1C1(C)O[C@@H]1CC=C(C)C. The van der Waals surface area contributed by atoms with Crippen LogP contribution in [0.15, 0.2) is 11.6 Å². The Morgan fingerprint density at radius 3 is 2.53 bits per heavy atom. The van der Waals surface area contributed by atoms with E-state index >= 15 is 0 Å². The summed E-state index contributed by atoms with van der Waals surface area (Å²) in [5.74, 6) is 0.0461. The molecule has 6 atom stereocenters. The Labute approximate surface area is 180 Å². The zero-order valence-corrected chi connectivity index (χ0v) is 18.8. The average molecular weight is 423 g/mol. The van der Waals surface area contributed by atoms with Crippen molar-refractivity contribution in [1.82, 2.24) is 5.32 Å². The number of carbonyl (C=O) groups is 1. The number of nitrogens with one attached hydrogen (secondary N) is 1. The lowest BCUT2D eigenvalue weighted by Crippen LogP contribution is -2.56. The van der Waals surface area contributed by atoms with E-state index in [1.54, 1.807) is 7.11 Å².